The Morgan fingerprint density at radius 3 is 2.61 bits per heavy atom. The van der Waals surface area contributed by atoms with Crippen LogP contribution in [0.4, 0.5) is 15.9 Å². The molecule has 1 N–H and O–H groups in total. The van der Waals surface area contributed by atoms with Gasteiger partial charge in [-0.1, -0.05) is 12.1 Å². The Hall–Kier alpha value is -2.61. The molecule has 4 nitrogen and oxygen atoms in total. The number of aromatic nitrogens is 1. The fourth-order valence-electron chi connectivity index (χ4n) is 2.80. The maximum absolute atomic E-state index is 12.9. The standard InChI is InChI=1S/C18H19FN4/c19-16-6-4-14(5-7-16)12-21-17-10-15(11-20)18(22-13-17)23-8-2-1-3-9-23/h4-7,10,13,21H,1-3,8-9,12H2. The van der Waals surface area contributed by atoms with Gasteiger partial charge >= 0.3 is 0 Å². The highest BCUT2D eigenvalue weighted by molar-refractivity contribution is 5.60. The minimum absolute atomic E-state index is 0.243. The number of benzene rings is 1. The van der Waals surface area contributed by atoms with E-state index in [1.807, 2.05) is 6.07 Å². The van der Waals surface area contributed by atoms with Gasteiger partial charge in [0, 0.05) is 19.6 Å². The van der Waals surface area contributed by atoms with E-state index < -0.39 is 0 Å². The Labute approximate surface area is 135 Å². The van der Waals surface area contributed by atoms with Crippen LogP contribution in [0.15, 0.2) is 36.5 Å². The van der Waals surface area contributed by atoms with Crippen LogP contribution in [0.2, 0.25) is 0 Å². The van der Waals surface area contributed by atoms with Crippen molar-refractivity contribution in [3.63, 3.8) is 0 Å². The number of rotatable bonds is 4. The van der Waals surface area contributed by atoms with Gasteiger partial charge < -0.3 is 10.2 Å². The molecule has 0 bridgehead atoms. The van der Waals surface area contributed by atoms with Gasteiger partial charge in [0.15, 0.2) is 0 Å². The second-order valence-electron chi connectivity index (χ2n) is 5.73. The lowest BCUT2D eigenvalue weighted by atomic mass is 10.1. The smallest absolute Gasteiger partial charge is 0.146 e. The summed E-state index contributed by atoms with van der Waals surface area (Å²) in [6, 6.07) is 10.4. The normalized spacial score (nSPS) is 14.3. The molecule has 5 heteroatoms. The van der Waals surface area contributed by atoms with Crippen molar-refractivity contribution in [1.82, 2.24) is 4.98 Å². The number of nitrogens with zero attached hydrogens (tertiary/aromatic N) is 3. The molecule has 0 radical (unpaired) electrons. The van der Waals surface area contributed by atoms with Crippen molar-refractivity contribution in [2.24, 2.45) is 0 Å². The third kappa shape index (κ3) is 3.78. The molecule has 2 aromatic rings. The minimum atomic E-state index is -0.243. The van der Waals surface area contributed by atoms with Crippen LogP contribution in [-0.2, 0) is 6.54 Å². The molecule has 0 unspecified atom stereocenters. The Balaban J connectivity index is 1.71. The predicted octanol–water partition coefficient (Wildman–Crippen LogP) is 3.69. The van der Waals surface area contributed by atoms with Gasteiger partial charge in [-0.2, -0.15) is 5.26 Å². The number of piperidine rings is 1. The van der Waals surface area contributed by atoms with E-state index in [-0.39, 0.29) is 5.82 Å². The van der Waals surface area contributed by atoms with E-state index in [1.54, 1.807) is 18.3 Å². The first-order valence-corrected chi connectivity index (χ1v) is 7.89. The van der Waals surface area contributed by atoms with Gasteiger partial charge in [0.05, 0.1) is 17.4 Å². The lowest BCUT2D eigenvalue weighted by Gasteiger charge is -2.28. The maximum atomic E-state index is 12.9. The first kappa shape index (κ1) is 15.3. The molecule has 1 aliphatic heterocycles. The molecule has 1 fully saturated rings. The van der Waals surface area contributed by atoms with Gasteiger partial charge in [-0.05, 0) is 43.0 Å². The number of pyridine rings is 1. The molecule has 0 saturated carbocycles. The molecule has 2 heterocycles. The second-order valence-corrected chi connectivity index (χ2v) is 5.73. The zero-order chi connectivity index (χ0) is 16.1. The number of nitriles is 1. The topological polar surface area (TPSA) is 52.0 Å². The predicted molar refractivity (Wildman–Crippen MR) is 88.7 cm³/mol. The lowest BCUT2D eigenvalue weighted by Crippen LogP contribution is -2.30. The molecule has 0 atom stereocenters. The van der Waals surface area contributed by atoms with Crippen molar-refractivity contribution in [3.05, 3.63) is 53.5 Å². The van der Waals surface area contributed by atoms with Crippen molar-refractivity contribution < 1.29 is 4.39 Å². The average molecular weight is 310 g/mol. The lowest BCUT2D eigenvalue weighted by molar-refractivity contribution is 0.573. The quantitative estimate of drug-likeness (QED) is 0.935. The number of nitrogens with one attached hydrogen (secondary N) is 1. The molecule has 118 valence electrons. The molecule has 23 heavy (non-hydrogen) atoms. The Morgan fingerprint density at radius 1 is 1.17 bits per heavy atom. The van der Waals surface area contributed by atoms with Gasteiger partial charge in [0.25, 0.3) is 0 Å². The van der Waals surface area contributed by atoms with Crippen molar-refractivity contribution in [3.8, 4) is 6.07 Å². The zero-order valence-corrected chi connectivity index (χ0v) is 12.9. The highest BCUT2D eigenvalue weighted by Gasteiger charge is 2.16. The van der Waals surface area contributed by atoms with Crippen molar-refractivity contribution in [1.29, 1.82) is 5.26 Å². The highest BCUT2D eigenvalue weighted by atomic mass is 19.1. The van der Waals surface area contributed by atoms with E-state index in [0.717, 1.165) is 43.0 Å². The summed E-state index contributed by atoms with van der Waals surface area (Å²) >= 11 is 0. The molecule has 0 amide bonds. The van der Waals surface area contributed by atoms with E-state index in [1.165, 1.54) is 18.6 Å². The summed E-state index contributed by atoms with van der Waals surface area (Å²) in [5, 5.41) is 12.6. The van der Waals surface area contributed by atoms with Crippen molar-refractivity contribution in [2.45, 2.75) is 25.8 Å². The molecule has 0 aliphatic carbocycles. The van der Waals surface area contributed by atoms with Crippen LogP contribution in [0.1, 0.15) is 30.4 Å². The van der Waals surface area contributed by atoms with Crippen molar-refractivity contribution >= 4 is 11.5 Å². The van der Waals surface area contributed by atoms with Gasteiger partial charge in [-0.25, -0.2) is 9.37 Å². The van der Waals surface area contributed by atoms with E-state index in [4.69, 9.17) is 0 Å². The number of anilines is 2. The van der Waals surface area contributed by atoms with Crippen LogP contribution in [0.3, 0.4) is 0 Å². The SMILES string of the molecule is N#Cc1cc(NCc2ccc(F)cc2)cnc1N1CCCCC1. The summed E-state index contributed by atoms with van der Waals surface area (Å²) in [4.78, 5) is 6.67. The molecule has 1 aromatic carbocycles. The van der Waals surface area contributed by atoms with Gasteiger partial charge in [-0.15, -0.1) is 0 Å². The van der Waals surface area contributed by atoms with E-state index in [9.17, 15) is 9.65 Å². The minimum Gasteiger partial charge on any atom is -0.380 e. The summed E-state index contributed by atoms with van der Waals surface area (Å²) in [5.74, 6) is 0.535. The molecule has 0 spiro atoms. The third-order valence-electron chi connectivity index (χ3n) is 4.05. The highest BCUT2D eigenvalue weighted by Crippen LogP contribution is 2.24. The van der Waals surface area contributed by atoms with Crippen LogP contribution in [0.25, 0.3) is 0 Å². The van der Waals surface area contributed by atoms with Crippen LogP contribution in [0, 0.1) is 17.1 Å². The monoisotopic (exact) mass is 310 g/mol. The Bertz CT molecular complexity index is 700. The number of hydrogen-bond acceptors (Lipinski definition) is 4. The van der Waals surface area contributed by atoms with Gasteiger partial charge in [0.1, 0.15) is 17.7 Å². The first-order valence-electron chi connectivity index (χ1n) is 7.89. The van der Waals surface area contributed by atoms with E-state index in [2.05, 4.69) is 21.3 Å². The molecular formula is C18H19FN4. The second kappa shape index (κ2) is 7.10. The van der Waals surface area contributed by atoms with E-state index >= 15 is 0 Å². The number of hydrogen-bond donors (Lipinski definition) is 1. The summed E-state index contributed by atoms with van der Waals surface area (Å²) < 4.78 is 12.9. The zero-order valence-electron chi connectivity index (χ0n) is 12.9. The van der Waals surface area contributed by atoms with Gasteiger partial charge in [-0.3, -0.25) is 0 Å². The molecule has 1 saturated heterocycles. The maximum Gasteiger partial charge on any atom is 0.146 e. The molecule has 1 aliphatic rings. The van der Waals surface area contributed by atoms with E-state index in [0.29, 0.717) is 12.1 Å². The average Bonchev–Trinajstić information content (AvgIpc) is 2.62. The first-order chi connectivity index (χ1) is 11.3. The van der Waals surface area contributed by atoms with Crippen LogP contribution >= 0.6 is 0 Å². The largest absolute Gasteiger partial charge is 0.380 e. The third-order valence-corrected chi connectivity index (χ3v) is 4.05. The fraction of sp³-hybridized carbons (Fsp3) is 0.333. The summed E-state index contributed by atoms with van der Waals surface area (Å²) in [7, 11) is 0. The molecule has 3 rings (SSSR count). The summed E-state index contributed by atoms with van der Waals surface area (Å²) in [6.45, 7) is 2.49. The molecular weight excluding hydrogens is 291 g/mol. The number of halogens is 1. The fourth-order valence-corrected chi connectivity index (χ4v) is 2.80. The molecule has 1 aromatic heterocycles. The Kier molecular flexibility index (Phi) is 4.72. The van der Waals surface area contributed by atoms with Crippen LogP contribution < -0.4 is 10.2 Å². The summed E-state index contributed by atoms with van der Waals surface area (Å²) in [6.07, 6.45) is 5.30. The van der Waals surface area contributed by atoms with Crippen molar-refractivity contribution in [2.75, 3.05) is 23.3 Å². The van der Waals surface area contributed by atoms with Crippen LogP contribution in [-0.4, -0.2) is 18.1 Å². The summed E-state index contributed by atoms with van der Waals surface area (Å²) in [5.41, 5.74) is 2.37. The van der Waals surface area contributed by atoms with Gasteiger partial charge in [0.2, 0.25) is 0 Å². The Morgan fingerprint density at radius 2 is 1.91 bits per heavy atom. The van der Waals surface area contributed by atoms with Crippen LogP contribution in [0.5, 0.6) is 0 Å².